The van der Waals surface area contributed by atoms with Gasteiger partial charge in [0.1, 0.15) is 0 Å². The zero-order valence-corrected chi connectivity index (χ0v) is 12.7. The van der Waals surface area contributed by atoms with Crippen LogP contribution in [0.5, 0.6) is 0 Å². The van der Waals surface area contributed by atoms with Crippen LogP contribution in [0.4, 0.5) is 0 Å². The number of carbonyl (C=O) groups is 1. The van der Waals surface area contributed by atoms with E-state index in [0.29, 0.717) is 34.3 Å². The van der Waals surface area contributed by atoms with Gasteiger partial charge in [-0.3, -0.25) is 9.00 Å². The quantitative estimate of drug-likeness (QED) is 0.786. The Bertz CT molecular complexity index is 462. The first-order chi connectivity index (χ1) is 8.90. The molecule has 1 amide bonds. The number of amides is 1. The summed E-state index contributed by atoms with van der Waals surface area (Å²) in [5.74, 6) is -0.0143. The van der Waals surface area contributed by atoms with Crippen LogP contribution in [0, 0.1) is 0 Å². The standard InChI is InChI=1S/C12H15Cl2NO3S/c1-19(18)4-2-3-15-12(17)11(16)8-5-9(13)7-10(14)6-8/h5-7,11,16H,2-4H2,1H3,(H,15,17)/t11-,19-/m0/s1. The van der Waals surface area contributed by atoms with Crippen LogP contribution in [0.15, 0.2) is 18.2 Å². The van der Waals surface area contributed by atoms with Crippen molar-refractivity contribution in [1.82, 2.24) is 5.32 Å². The highest BCUT2D eigenvalue weighted by molar-refractivity contribution is 7.84. The zero-order valence-electron chi connectivity index (χ0n) is 10.4. The normalized spacial score (nSPS) is 13.9. The van der Waals surface area contributed by atoms with Crippen LogP contribution >= 0.6 is 23.2 Å². The molecule has 2 N–H and O–H groups in total. The minimum absolute atomic E-state index is 0.342. The van der Waals surface area contributed by atoms with Gasteiger partial charge in [0, 0.05) is 39.4 Å². The van der Waals surface area contributed by atoms with Crippen molar-refractivity contribution in [3.05, 3.63) is 33.8 Å². The summed E-state index contributed by atoms with van der Waals surface area (Å²) < 4.78 is 10.8. The molecule has 0 radical (unpaired) electrons. The van der Waals surface area contributed by atoms with E-state index in [1.165, 1.54) is 18.2 Å². The highest BCUT2D eigenvalue weighted by atomic mass is 35.5. The number of hydrogen-bond donors (Lipinski definition) is 2. The highest BCUT2D eigenvalue weighted by Crippen LogP contribution is 2.23. The predicted octanol–water partition coefficient (Wildman–Crippen LogP) is 1.91. The van der Waals surface area contributed by atoms with Crippen molar-refractivity contribution in [3.8, 4) is 0 Å². The summed E-state index contributed by atoms with van der Waals surface area (Å²) in [6.45, 7) is 0.365. The lowest BCUT2D eigenvalue weighted by Crippen LogP contribution is -2.30. The largest absolute Gasteiger partial charge is 0.378 e. The highest BCUT2D eigenvalue weighted by Gasteiger charge is 2.17. The molecule has 1 aromatic rings. The molecule has 1 rings (SSSR count). The fourth-order valence-electron chi connectivity index (χ4n) is 1.47. The van der Waals surface area contributed by atoms with Gasteiger partial charge in [0.25, 0.3) is 5.91 Å². The van der Waals surface area contributed by atoms with Crippen LogP contribution in [0.1, 0.15) is 18.1 Å². The molecule has 4 nitrogen and oxygen atoms in total. The lowest BCUT2D eigenvalue weighted by atomic mass is 10.1. The predicted molar refractivity (Wildman–Crippen MR) is 78.0 cm³/mol. The first-order valence-corrected chi connectivity index (χ1v) is 8.10. The van der Waals surface area contributed by atoms with E-state index < -0.39 is 22.8 Å². The van der Waals surface area contributed by atoms with E-state index >= 15 is 0 Å². The van der Waals surface area contributed by atoms with Crippen molar-refractivity contribution in [2.45, 2.75) is 12.5 Å². The Labute approximate surface area is 124 Å². The van der Waals surface area contributed by atoms with Gasteiger partial charge in [-0.15, -0.1) is 0 Å². The van der Waals surface area contributed by atoms with Gasteiger partial charge in [0.2, 0.25) is 0 Å². The number of hydrogen-bond acceptors (Lipinski definition) is 3. The topological polar surface area (TPSA) is 66.4 Å². The minimum Gasteiger partial charge on any atom is -0.378 e. The van der Waals surface area contributed by atoms with E-state index in [1.54, 1.807) is 6.26 Å². The molecule has 106 valence electrons. The molecule has 0 aliphatic carbocycles. The van der Waals surface area contributed by atoms with E-state index in [2.05, 4.69) is 5.32 Å². The van der Waals surface area contributed by atoms with Gasteiger partial charge in [-0.25, -0.2) is 0 Å². The lowest BCUT2D eigenvalue weighted by molar-refractivity contribution is -0.129. The fraction of sp³-hybridized carbons (Fsp3) is 0.417. The van der Waals surface area contributed by atoms with Gasteiger partial charge < -0.3 is 10.4 Å². The van der Waals surface area contributed by atoms with Crippen LogP contribution in [0.25, 0.3) is 0 Å². The SMILES string of the molecule is C[S@](=O)CCCNC(=O)[C@@H](O)c1cc(Cl)cc(Cl)c1. The average Bonchev–Trinajstić information content (AvgIpc) is 2.32. The summed E-state index contributed by atoms with van der Waals surface area (Å²) in [6, 6.07) is 4.49. The molecule has 0 heterocycles. The van der Waals surface area contributed by atoms with Crippen LogP contribution in [-0.4, -0.2) is 33.8 Å². The summed E-state index contributed by atoms with van der Waals surface area (Å²) in [6.07, 6.45) is 0.881. The number of rotatable bonds is 6. The second-order valence-electron chi connectivity index (χ2n) is 4.03. The molecular formula is C12H15Cl2NO3S. The average molecular weight is 324 g/mol. The Morgan fingerprint density at radius 3 is 2.47 bits per heavy atom. The minimum atomic E-state index is -1.32. The van der Waals surface area contributed by atoms with Gasteiger partial charge in [-0.2, -0.15) is 0 Å². The third-order valence-electron chi connectivity index (χ3n) is 2.36. The molecule has 0 bridgehead atoms. The maximum atomic E-state index is 11.7. The first-order valence-electron chi connectivity index (χ1n) is 5.62. The molecule has 0 aliphatic rings. The molecule has 0 saturated heterocycles. The van der Waals surface area contributed by atoms with Crippen molar-refractivity contribution in [2.75, 3.05) is 18.6 Å². The van der Waals surface area contributed by atoms with Gasteiger partial charge in [0.05, 0.1) is 0 Å². The maximum absolute atomic E-state index is 11.7. The Morgan fingerprint density at radius 1 is 1.37 bits per heavy atom. The molecule has 1 aromatic carbocycles. The Morgan fingerprint density at radius 2 is 1.95 bits per heavy atom. The molecule has 0 aromatic heterocycles. The van der Waals surface area contributed by atoms with Crippen molar-refractivity contribution in [1.29, 1.82) is 0 Å². The maximum Gasteiger partial charge on any atom is 0.253 e. The van der Waals surface area contributed by atoms with Gasteiger partial charge in [-0.05, 0) is 30.2 Å². The number of nitrogens with one attached hydrogen (secondary N) is 1. The smallest absolute Gasteiger partial charge is 0.253 e. The zero-order chi connectivity index (χ0) is 14.4. The molecule has 0 saturated carbocycles. The van der Waals surface area contributed by atoms with Gasteiger partial charge >= 0.3 is 0 Å². The summed E-state index contributed by atoms with van der Waals surface area (Å²) in [4.78, 5) is 11.7. The number of aliphatic hydroxyl groups excluding tert-OH is 1. The summed E-state index contributed by atoms with van der Waals surface area (Å²) in [7, 11) is -0.882. The van der Waals surface area contributed by atoms with Crippen molar-refractivity contribution in [2.24, 2.45) is 0 Å². The molecular weight excluding hydrogens is 309 g/mol. The van der Waals surface area contributed by atoms with E-state index in [4.69, 9.17) is 23.2 Å². The van der Waals surface area contributed by atoms with E-state index in [9.17, 15) is 14.1 Å². The van der Waals surface area contributed by atoms with E-state index in [0.717, 1.165) is 0 Å². The molecule has 2 atom stereocenters. The monoisotopic (exact) mass is 323 g/mol. The van der Waals surface area contributed by atoms with Crippen molar-refractivity contribution >= 4 is 39.9 Å². The molecule has 0 fully saturated rings. The number of aliphatic hydroxyl groups is 1. The second kappa shape index (κ2) is 7.85. The molecule has 0 unspecified atom stereocenters. The second-order valence-corrected chi connectivity index (χ2v) is 6.45. The van der Waals surface area contributed by atoms with Crippen LogP contribution in [-0.2, 0) is 15.6 Å². The van der Waals surface area contributed by atoms with Crippen LogP contribution in [0.3, 0.4) is 0 Å². The fourth-order valence-corrected chi connectivity index (χ4v) is 2.56. The van der Waals surface area contributed by atoms with Gasteiger partial charge in [-0.1, -0.05) is 23.2 Å². The lowest BCUT2D eigenvalue weighted by Gasteiger charge is -2.12. The van der Waals surface area contributed by atoms with E-state index in [-0.39, 0.29) is 0 Å². The van der Waals surface area contributed by atoms with Crippen molar-refractivity contribution in [3.63, 3.8) is 0 Å². The molecule has 0 aliphatic heterocycles. The van der Waals surface area contributed by atoms with E-state index in [1.807, 2.05) is 0 Å². The van der Waals surface area contributed by atoms with Crippen LogP contribution in [0.2, 0.25) is 10.0 Å². The first kappa shape index (κ1) is 16.4. The molecule has 7 heteroatoms. The summed E-state index contributed by atoms with van der Waals surface area (Å²) in [5, 5.41) is 13.1. The Kier molecular flexibility index (Phi) is 6.79. The Balaban J connectivity index is 2.54. The number of carbonyl (C=O) groups excluding carboxylic acids is 1. The number of halogens is 2. The van der Waals surface area contributed by atoms with Crippen LogP contribution < -0.4 is 5.32 Å². The van der Waals surface area contributed by atoms with Crippen molar-refractivity contribution < 1.29 is 14.1 Å². The molecule has 0 spiro atoms. The summed E-state index contributed by atoms with van der Waals surface area (Å²) in [5.41, 5.74) is 0.342. The third kappa shape index (κ3) is 5.91. The Hall–Kier alpha value is -0.620. The number of benzene rings is 1. The van der Waals surface area contributed by atoms with Gasteiger partial charge in [0.15, 0.2) is 6.10 Å². The molecule has 19 heavy (non-hydrogen) atoms. The summed E-state index contributed by atoms with van der Waals surface area (Å²) >= 11 is 11.6. The third-order valence-corrected chi connectivity index (χ3v) is 3.66.